The van der Waals surface area contributed by atoms with E-state index in [-0.39, 0.29) is 66.2 Å². The maximum atomic E-state index is 8.59. The summed E-state index contributed by atoms with van der Waals surface area (Å²) < 4.78 is 34.4. The summed E-state index contributed by atoms with van der Waals surface area (Å²) in [6.07, 6.45) is 0. The van der Waals surface area contributed by atoms with Crippen LogP contribution in [0.5, 0.6) is 0 Å². The quantitative estimate of drug-likeness (QED) is 0.447. The fourth-order valence-corrected chi connectivity index (χ4v) is 0. The third-order valence-corrected chi connectivity index (χ3v) is 0. The van der Waals surface area contributed by atoms with Crippen molar-refractivity contribution in [3.63, 3.8) is 0 Å². The predicted molar refractivity (Wildman–Crippen MR) is 7.13 cm³/mol. The molecule has 0 rings (SSSR count). The second-order valence-electron chi connectivity index (χ2n) is 0.408. The summed E-state index contributed by atoms with van der Waals surface area (Å²) in [6, 6.07) is 0. The molecule has 7 heteroatoms. The van der Waals surface area contributed by atoms with Crippen molar-refractivity contribution in [2.45, 2.75) is 0 Å². The summed E-state index contributed by atoms with van der Waals surface area (Å²) in [5.41, 5.74) is 0. The van der Waals surface area contributed by atoms with E-state index in [1.807, 2.05) is 0 Å². The summed E-state index contributed by atoms with van der Waals surface area (Å²) in [5, 5.41) is 0. The number of rotatable bonds is 0. The van der Waals surface area contributed by atoms with Crippen molar-refractivity contribution in [1.82, 2.24) is 0 Å². The topological polar surface area (TPSA) is 80.3 Å². The van der Waals surface area contributed by atoms with Gasteiger partial charge in [0.05, 0.1) is 0 Å². The maximum absolute atomic E-state index is 8.59. The average Bonchev–Trinajstić information content (AvgIpc) is 0.722. The molecule has 0 heterocycles. The van der Waals surface area contributed by atoms with Gasteiger partial charge < -0.3 is 0 Å². The second-order valence-corrected chi connectivity index (χ2v) is 1.68. The fourth-order valence-electron chi connectivity index (χ4n) is 0. The standard InChI is InChI=1S/Ba.2Cr.4O/q+2;;+3;;;2*-1. The fraction of sp³-hybridized carbons (Fsp3) is 0. The van der Waals surface area contributed by atoms with Gasteiger partial charge in [-0.3, -0.25) is 0 Å². The molecule has 4 nitrogen and oxygen atoms in total. The first-order valence-electron chi connectivity index (χ1n) is 0.667. The Morgan fingerprint density at radius 3 is 1.14 bits per heavy atom. The van der Waals surface area contributed by atoms with Crippen LogP contribution in [0.25, 0.3) is 0 Å². The molecule has 1 radical (unpaired) electrons. The Hall–Kier alpha value is 2.16. The van der Waals surface area contributed by atoms with E-state index in [2.05, 4.69) is 0 Å². The van der Waals surface area contributed by atoms with E-state index >= 15 is 0 Å². The van der Waals surface area contributed by atoms with Gasteiger partial charge in [0, 0.05) is 0 Å². The van der Waals surface area contributed by atoms with Crippen molar-refractivity contribution in [1.29, 1.82) is 0 Å². The molecule has 0 fully saturated rings. The minimum absolute atomic E-state index is 0. The third kappa shape index (κ3) is 66.5. The SMILES string of the molecule is [Ba+2].[Cr+3].[O]=[Cr](=[O])([O-])[O-]. The van der Waals surface area contributed by atoms with E-state index in [0.29, 0.717) is 0 Å². The van der Waals surface area contributed by atoms with Crippen molar-refractivity contribution in [2.24, 2.45) is 0 Å². The van der Waals surface area contributed by atoms with Crippen molar-refractivity contribution in [3.8, 4) is 0 Å². The molecule has 35 valence electrons. The van der Waals surface area contributed by atoms with Gasteiger partial charge in [0.2, 0.25) is 0 Å². The Bertz CT molecular complexity index is 92.9. The molecule has 0 aromatic heterocycles. The zero-order valence-electron chi connectivity index (χ0n) is 3.16. The molecular formula is BaCr2O4+3. The van der Waals surface area contributed by atoms with Gasteiger partial charge >= 0.3 is 95.8 Å². The summed E-state index contributed by atoms with van der Waals surface area (Å²) in [5.74, 6) is 0. The Morgan fingerprint density at radius 2 is 1.14 bits per heavy atom. The van der Waals surface area contributed by atoms with Gasteiger partial charge in [0.1, 0.15) is 0 Å². The molecule has 0 aromatic rings. The van der Waals surface area contributed by atoms with Gasteiger partial charge in [-0.25, -0.2) is 0 Å². The van der Waals surface area contributed by atoms with Crippen LogP contribution in [0.2, 0.25) is 0 Å². The zero-order valence-corrected chi connectivity index (χ0v) is 10.1. The molecule has 0 aromatic carbocycles. The van der Waals surface area contributed by atoms with E-state index in [1.54, 1.807) is 0 Å². The molecule has 0 spiro atoms. The van der Waals surface area contributed by atoms with Gasteiger partial charge in [0.15, 0.2) is 0 Å². The monoisotopic (exact) mass is 306 g/mol. The molecular weight excluding hydrogens is 305 g/mol. The minimum atomic E-state index is -5.75. The molecule has 0 amide bonds. The first kappa shape index (κ1) is 16.1. The molecule has 0 saturated carbocycles. The van der Waals surface area contributed by atoms with Crippen LogP contribution in [-0.2, 0) is 38.6 Å². The van der Waals surface area contributed by atoms with Crippen LogP contribution >= 0.6 is 0 Å². The van der Waals surface area contributed by atoms with Gasteiger partial charge in [-0.1, -0.05) is 0 Å². The molecule has 0 aliphatic heterocycles. The van der Waals surface area contributed by atoms with Crippen molar-refractivity contribution >= 4 is 48.9 Å². The molecule has 0 unspecified atom stereocenters. The molecule has 0 aliphatic carbocycles. The summed E-state index contributed by atoms with van der Waals surface area (Å²) in [6.45, 7) is 0. The van der Waals surface area contributed by atoms with Crippen molar-refractivity contribution < 1.29 is 46.9 Å². The van der Waals surface area contributed by atoms with Crippen LogP contribution < -0.4 is 8.32 Å². The molecule has 0 saturated heterocycles. The van der Waals surface area contributed by atoms with Gasteiger partial charge in [0.25, 0.3) is 0 Å². The van der Waals surface area contributed by atoms with E-state index in [1.165, 1.54) is 0 Å². The molecule has 7 heavy (non-hydrogen) atoms. The van der Waals surface area contributed by atoms with E-state index < -0.39 is 13.6 Å². The Balaban J connectivity index is -0.0000000800. The van der Waals surface area contributed by atoms with Gasteiger partial charge in [-0.15, -0.1) is 0 Å². The van der Waals surface area contributed by atoms with Crippen LogP contribution in [0.4, 0.5) is 0 Å². The number of hydrogen-bond donors (Lipinski definition) is 0. The summed E-state index contributed by atoms with van der Waals surface area (Å²) in [7, 11) is 0. The summed E-state index contributed by atoms with van der Waals surface area (Å²) >= 11 is -5.75. The van der Waals surface area contributed by atoms with Crippen LogP contribution in [0.15, 0.2) is 0 Å². The average molecular weight is 305 g/mol. The van der Waals surface area contributed by atoms with Crippen molar-refractivity contribution in [2.75, 3.05) is 0 Å². The van der Waals surface area contributed by atoms with Crippen LogP contribution in [-0.4, -0.2) is 48.9 Å². The third-order valence-electron chi connectivity index (χ3n) is 0. The molecule has 0 aliphatic rings. The van der Waals surface area contributed by atoms with Gasteiger partial charge in [-0.2, -0.15) is 0 Å². The second kappa shape index (κ2) is 6.28. The van der Waals surface area contributed by atoms with Crippen LogP contribution in [0, 0.1) is 0 Å². The summed E-state index contributed by atoms with van der Waals surface area (Å²) in [4.78, 5) is 0. The van der Waals surface area contributed by atoms with Crippen LogP contribution in [0.1, 0.15) is 0 Å². The Kier molecular flexibility index (Phi) is 14.4. The molecule has 0 bridgehead atoms. The Labute approximate surface area is 93.9 Å². The normalized spacial score (nSPS) is 8.29. The molecule has 0 N–H and O–H groups in total. The van der Waals surface area contributed by atoms with Crippen molar-refractivity contribution in [3.05, 3.63) is 0 Å². The van der Waals surface area contributed by atoms with E-state index in [0.717, 1.165) is 0 Å². The van der Waals surface area contributed by atoms with E-state index in [4.69, 9.17) is 15.9 Å². The first-order valence-corrected chi connectivity index (χ1v) is 2.75. The Morgan fingerprint density at radius 1 is 1.14 bits per heavy atom. The van der Waals surface area contributed by atoms with Gasteiger partial charge in [-0.05, 0) is 0 Å². The first-order chi connectivity index (χ1) is 2.00. The zero-order chi connectivity index (χ0) is 4.50. The predicted octanol–water partition coefficient (Wildman–Crippen LogP) is -3.00. The molecule has 0 atom stereocenters. The van der Waals surface area contributed by atoms with E-state index in [9.17, 15) is 0 Å². The number of hydrogen-bond acceptors (Lipinski definition) is 4. The van der Waals surface area contributed by atoms with Crippen LogP contribution in [0.3, 0.4) is 0 Å².